The van der Waals surface area contributed by atoms with Crippen molar-refractivity contribution in [3.8, 4) is 28.7 Å². The van der Waals surface area contributed by atoms with Gasteiger partial charge in [-0.25, -0.2) is 4.79 Å². The van der Waals surface area contributed by atoms with Gasteiger partial charge in [-0.15, -0.1) is 0 Å². The lowest BCUT2D eigenvalue weighted by molar-refractivity contribution is 0.0733. The van der Waals surface area contributed by atoms with Crippen LogP contribution in [-0.4, -0.2) is 33.1 Å². The zero-order valence-corrected chi connectivity index (χ0v) is 17.7. The van der Waals surface area contributed by atoms with Crippen LogP contribution in [-0.2, 0) is 0 Å². The molecule has 0 aromatic heterocycles. The lowest BCUT2D eigenvalue weighted by Gasteiger charge is -2.09. The van der Waals surface area contributed by atoms with Gasteiger partial charge < -0.3 is 23.7 Å². The summed E-state index contributed by atoms with van der Waals surface area (Å²) >= 11 is 0. The summed E-state index contributed by atoms with van der Waals surface area (Å²) in [5, 5.41) is 0. The molecule has 7 nitrogen and oxygen atoms in total. The van der Waals surface area contributed by atoms with Crippen LogP contribution in [0.2, 0.25) is 0 Å². The molecule has 1 heterocycles. The van der Waals surface area contributed by atoms with Crippen molar-refractivity contribution in [1.29, 1.82) is 0 Å². The van der Waals surface area contributed by atoms with Crippen molar-refractivity contribution in [2.75, 3.05) is 21.3 Å². The second kappa shape index (κ2) is 8.85. The molecule has 0 bridgehead atoms. The van der Waals surface area contributed by atoms with Crippen LogP contribution in [0, 0.1) is 0 Å². The van der Waals surface area contributed by atoms with Gasteiger partial charge in [0.1, 0.15) is 28.7 Å². The minimum Gasteiger partial charge on any atom is -0.497 e. The molecule has 0 unspecified atom stereocenters. The van der Waals surface area contributed by atoms with Gasteiger partial charge in [-0.3, -0.25) is 4.79 Å². The van der Waals surface area contributed by atoms with E-state index in [1.54, 1.807) is 49.6 Å². The summed E-state index contributed by atoms with van der Waals surface area (Å²) in [5.41, 5.74) is 1.36. The van der Waals surface area contributed by atoms with Crippen molar-refractivity contribution in [1.82, 2.24) is 0 Å². The third-order valence-electron chi connectivity index (χ3n) is 4.86. The Morgan fingerprint density at radius 2 is 1.56 bits per heavy atom. The van der Waals surface area contributed by atoms with Gasteiger partial charge in [0.25, 0.3) is 0 Å². The Morgan fingerprint density at radius 1 is 0.844 bits per heavy atom. The molecular weight excluding hydrogens is 412 g/mol. The van der Waals surface area contributed by atoms with E-state index in [1.165, 1.54) is 20.3 Å². The zero-order valence-electron chi connectivity index (χ0n) is 17.7. The second-order valence-corrected chi connectivity index (χ2v) is 6.83. The number of carbonyl (C=O) groups excluding carboxylic acids is 2. The highest BCUT2D eigenvalue weighted by Crippen LogP contribution is 2.36. The summed E-state index contributed by atoms with van der Waals surface area (Å²) in [4.78, 5) is 25.4. The molecule has 3 aromatic carbocycles. The molecule has 0 fully saturated rings. The fourth-order valence-corrected chi connectivity index (χ4v) is 3.25. The van der Waals surface area contributed by atoms with Crippen molar-refractivity contribution >= 4 is 17.8 Å². The van der Waals surface area contributed by atoms with Gasteiger partial charge in [0.15, 0.2) is 5.76 Å². The first kappa shape index (κ1) is 21.0. The van der Waals surface area contributed by atoms with Crippen molar-refractivity contribution in [3.05, 3.63) is 83.1 Å². The maximum absolute atomic E-state index is 12.7. The highest BCUT2D eigenvalue weighted by Gasteiger charge is 2.28. The van der Waals surface area contributed by atoms with E-state index >= 15 is 0 Å². The van der Waals surface area contributed by atoms with Crippen LogP contribution < -0.4 is 23.7 Å². The van der Waals surface area contributed by atoms with Gasteiger partial charge in [-0.05, 0) is 36.4 Å². The zero-order chi connectivity index (χ0) is 22.7. The molecule has 0 saturated heterocycles. The van der Waals surface area contributed by atoms with E-state index in [4.69, 9.17) is 23.7 Å². The number of allylic oxidation sites excluding steroid dienone is 1. The average molecular weight is 432 g/mol. The first-order valence-corrected chi connectivity index (χ1v) is 9.69. The maximum atomic E-state index is 12.7. The van der Waals surface area contributed by atoms with Crippen LogP contribution in [0.1, 0.15) is 26.3 Å². The molecule has 0 spiro atoms. The van der Waals surface area contributed by atoms with Gasteiger partial charge in [0, 0.05) is 17.7 Å². The SMILES string of the molecule is COc1cc(OC)cc(C(=O)Oc2ccc3c(c2)O/C(=C\c2ccccc2OC)C3=O)c1. The van der Waals surface area contributed by atoms with Crippen molar-refractivity contribution in [2.24, 2.45) is 0 Å². The number of ether oxygens (including phenoxy) is 5. The van der Waals surface area contributed by atoms with Gasteiger partial charge in [0.2, 0.25) is 5.78 Å². The first-order chi connectivity index (χ1) is 15.5. The molecule has 0 N–H and O–H groups in total. The second-order valence-electron chi connectivity index (χ2n) is 6.83. The Hall–Kier alpha value is -4.26. The number of esters is 1. The highest BCUT2D eigenvalue weighted by molar-refractivity contribution is 6.14. The molecule has 1 aliphatic rings. The van der Waals surface area contributed by atoms with E-state index in [1.807, 2.05) is 18.2 Å². The third-order valence-corrected chi connectivity index (χ3v) is 4.86. The molecule has 162 valence electrons. The summed E-state index contributed by atoms with van der Waals surface area (Å²) in [6.45, 7) is 0. The summed E-state index contributed by atoms with van der Waals surface area (Å²) in [7, 11) is 4.55. The number of hydrogen-bond acceptors (Lipinski definition) is 7. The number of Topliss-reactive ketones (excluding diaryl/α,β-unsaturated/α-hetero) is 1. The number of carbonyl (C=O) groups is 2. The Balaban J connectivity index is 1.57. The number of benzene rings is 3. The van der Waals surface area contributed by atoms with E-state index in [2.05, 4.69) is 0 Å². The Bertz CT molecular complexity index is 1200. The van der Waals surface area contributed by atoms with E-state index < -0.39 is 5.97 Å². The van der Waals surface area contributed by atoms with Gasteiger partial charge >= 0.3 is 5.97 Å². The number of para-hydroxylation sites is 1. The first-order valence-electron chi connectivity index (χ1n) is 9.69. The average Bonchev–Trinajstić information content (AvgIpc) is 3.13. The monoisotopic (exact) mass is 432 g/mol. The van der Waals surface area contributed by atoms with Crippen LogP contribution in [0.4, 0.5) is 0 Å². The van der Waals surface area contributed by atoms with E-state index in [-0.39, 0.29) is 22.9 Å². The van der Waals surface area contributed by atoms with Gasteiger partial charge in [0.05, 0.1) is 32.5 Å². The van der Waals surface area contributed by atoms with E-state index in [9.17, 15) is 9.59 Å². The molecule has 7 heteroatoms. The predicted octanol–water partition coefficient (Wildman–Crippen LogP) is 4.55. The Labute approximate surface area is 184 Å². The van der Waals surface area contributed by atoms with Gasteiger partial charge in [-0.1, -0.05) is 18.2 Å². The molecule has 32 heavy (non-hydrogen) atoms. The lowest BCUT2D eigenvalue weighted by Crippen LogP contribution is -2.09. The molecule has 0 amide bonds. The largest absolute Gasteiger partial charge is 0.497 e. The quantitative estimate of drug-likeness (QED) is 0.321. The fraction of sp³-hybridized carbons (Fsp3) is 0.120. The van der Waals surface area contributed by atoms with E-state index in [0.717, 1.165) is 0 Å². The van der Waals surface area contributed by atoms with Gasteiger partial charge in [-0.2, -0.15) is 0 Å². The smallest absolute Gasteiger partial charge is 0.343 e. The number of fused-ring (bicyclic) bond motifs is 1. The number of methoxy groups -OCH3 is 3. The fourth-order valence-electron chi connectivity index (χ4n) is 3.25. The molecular formula is C25H20O7. The molecule has 1 aliphatic heterocycles. The molecule has 4 rings (SSSR count). The van der Waals surface area contributed by atoms with Crippen LogP contribution in [0.5, 0.6) is 28.7 Å². The van der Waals surface area contributed by atoms with Crippen LogP contribution in [0.25, 0.3) is 6.08 Å². The lowest BCUT2D eigenvalue weighted by atomic mass is 10.1. The van der Waals surface area contributed by atoms with Crippen molar-refractivity contribution in [2.45, 2.75) is 0 Å². The Kier molecular flexibility index (Phi) is 5.81. The third kappa shape index (κ3) is 4.13. The summed E-state index contributed by atoms with van der Waals surface area (Å²) < 4.78 is 26.9. The van der Waals surface area contributed by atoms with Crippen molar-refractivity contribution in [3.63, 3.8) is 0 Å². The van der Waals surface area contributed by atoms with Crippen molar-refractivity contribution < 1.29 is 33.3 Å². The number of rotatable bonds is 6. The molecule has 0 atom stereocenters. The topological polar surface area (TPSA) is 80.3 Å². The summed E-state index contributed by atoms with van der Waals surface area (Å²) in [5.74, 6) is 1.39. The standard InChI is InChI=1S/C25H20O7/c1-28-18-10-16(11-19(13-18)29-2)25(27)31-17-8-9-20-22(14-17)32-23(24(20)26)12-15-6-4-5-7-21(15)30-3/h4-14H,1-3H3/b23-12-. The molecule has 0 aliphatic carbocycles. The van der Waals surface area contributed by atoms with Crippen LogP contribution in [0.15, 0.2) is 66.4 Å². The predicted molar refractivity (Wildman–Crippen MR) is 117 cm³/mol. The summed E-state index contributed by atoms with van der Waals surface area (Å²) in [6, 6.07) is 16.7. The molecule has 0 saturated carbocycles. The number of hydrogen-bond donors (Lipinski definition) is 0. The minimum absolute atomic E-state index is 0.158. The summed E-state index contributed by atoms with van der Waals surface area (Å²) in [6.07, 6.45) is 1.62. The molecule has 0 radical (unpaired) electrons. The molecule has 3 aromatic rings. The van der Waals surface area contributed by atoms with Crippen LogP contribution in [0.3, 0.4) is 0 Å². The van der Waals surface area contributed by atoms with Crippen LogP contribution >= 0.6 is 0 Å². The normalized spacial score (nSPS) is 13.3. The Morgan fingerprint density at radius 3 is 2.25 bits per heavy atom. The highest BCUT2D eigenvalue weighted by atomic mass is 16.5. The van der Waals surface area contributed by atoms with E-state index in [0.29, 0.717) is 34.1 Å². The minimum atomic E-state index is -0.601. The maximum Gasteiger partial charge on any atom is 0.343 e. The number of ketones is 1.